The summed E-state index contributed by atoms with van der Waals surface area (Å²) in [5.41, 5.74) is 2.63. The highest BCUT2D eigenvalue weighted by atomic mass is 32.1. The number of aryl methyl sites for hydroxylation is 1. The molecular formula is C16H23N3S. The van der Waals surface area contributed by atoms with E-state index in [4.69, 9.17) is 0 Å². The number of benzene rings is 1. The molecule has 0 aliphatic carbocycles. The molecule has 3 nitrogen and oxygen atoms in total. The van der Waals surface area contributed by atoms with E-state index in [1.165, 1.54) is 16.0 Å². The van der Waals surface area contributed by atoms with Crippen LogP contribution in [0.5, 0.6) is 0 Å². The Morgan fingerprint density at radius 1 is 1.40 bits per heavy atom. The summed E-state index contributed by atoms with van der Waals surface area (Å²) in [7, 11) is 2.10. The van der Waals surface area contributed by atoms with Crippen LogP contribution in [0.2, 0.25) is 0 Å². The predicted molar refractivity (Wildman–Crippen MR) is 87.5 cm³/mol. The molecule has 108 valence electrons. The van der Waals surface area contributed by atoms with E-state index in [-0.39, 0.29) is 0 Å². The molecule has 0 radical (unpaired) electrons. The van der Waals surface area contributed by atoms with E-state index in [9.17, 15) is 0 Å². The lowest BCUT2D eigenvalue weighted by molar-refractivity contribution is 0.606. The molecule has 0 aliphatic heterocycles. The predicted octanol–water partition coefficient (Wildman–Crippen LogP) is 3.76. The highest BCUT2D eigenvalue weighted by Crippen LogP contribution is 2.27. The first-order chi connectivity index (χ1) is 9.60. The van der Waals surface area contributed by atoms with Crippen LogP contribution in [0.25, 0.3) is 0 Å². The van der Waals surface area contributed by atoms with E-state index in [0.29, 0.717) is 6.04 Å². The van der Waals surface area contributed by atoms with Gasteiger partial charge in [0.05, 0.1) is 0 Å². The summed E-state index contributed by atoms with van der Waals surface area (Å²) in [5, 5.41) is 4.50. The first-order valence-electron chi connectivity index (χ1n) is 7.06. The van der Waals surface area contributed by atoms with Crippen molar-refractivity contribution in [2.75, 3.05) is 18.5 Å². The molecule has 1 aromatic heterocycles. The fourth-order valence-corrected chi connectivity index (χ4v) is 3.11. The van der Waals surface area contributed by atoms with Gasteiger partial charge in [-0.05, 0) is 26.0 Å². The molecule has 1 atom stereocenters. The van der Waals surface area contributed by atoms with Gasteiger partial charge < -0.3 is 10.2 Å². The molecule has 1 aromatic carbocycles. The summed E-state index contributed by atoms with van der Waals surface area (Å²) in [6, 6.07) is 9.01. The van der Waals surface area contributed by atoms with Gasteiger partial charge in [-0.3, -0.25) is 0 Å². The molecule has 0 saturated carbocycles. The molecule has 0 amide bonds. The van der Waals surface area contributed by atoms with Crippen molar-refractivity contribution < 1.29 is 0 Å². The maximum atomic E-state index is 4.54. The van der Waals surface area contributed by atoms with Crippen LogP contribution in [0, 0.1) is 6.92 Å². The number of aromatic nitrogens is 1. The van der Waals surface area contributed by atoms with Crippen LogP contribution >= 0.6 is 11.3 Å². The maximum Gasteiger partial charge on any atom is 0.185 e. The van der Waals surface area contributed by atoms with Crippen LogP contribution in [-0.4, -0.2) is 18.6 Å². The minimum Gasteiger partial charge on any atom is -0.347 e. The van der Waals surface area contributed by atoms with Gasteiger partial charge in [0.2, 0.25) is 0 Å². The first kappa shape index (κ1) is 15.0. The molecule has 0 saturated heterocycles. The third kappa shape index (κ3) is 3.81. The second-order valence-corrected chi connectivity index (χ2v) is 6.21. The van der Waals surface area contributed by atoms with Crippen LogP contribution in [0.3, 0.4) is 0 Å². The average Bonchev–Trinajstić information content (AvgIpc) is 2.88. The summed E-state index contributed by atoms with van der Waals surface area (Å²) in [5.74, 6) is 0. The van der Waals surface area contributed by atoms with Gasteiger partial charge in [0, 0.05) is 30.7 Å². The topological polar surface area (TPSA) is 28.2 Å². The first-order valence-corrected chi connectivity index (χ1v) is 7.87. The smallest absolute Gasteiger partial charge is 0.185 e. The SMILES string of the molecule is CCNC(C)c1cnc(N(C)Cc2cccc(C)c2)s1. The van der Waals surface area contributed by atoms with Gasteiger partial charge in [-0.25, -0.2) is 4.98 Å². The number of thiazole rings is 1. The molecular weight excluding hydrogens is 266 g/mol. The normalized spacial score (nSPS) is 12.4. The monoisotopic (exact) mass is 289 g/mol. The fourth-order valence-electron chi connectivity index (χ4n) is 2.21. The number of anilines is 1. The lowest BCUT2D eigenvalue weighted by Gasteiger charge is -2.16. The zero-order valence-corrected chi connectivity index (χ0v) is 13.5. The number of rotatable bonds is 6. The Kier molecular flexibility index (Phi) is 5.15. The Bertz CT molecular complexity index is 550. The third-order valence-corrected chi connectivity index (χ3v) is 4.57. The Balaban J connectivity index is 2.04. The van der Waals surface area contributed by atoms with Crippen LogP contribution in [0.15, 0.2) is 30.5 Å². The minimum atomic E-state index is 0.374. The summed E-state index contributed by atoms with van der Waals surface area (Å²) in [6.45, 7) is 8.31. The number of hydrogen-bond donors (Lipinski definition) is 1. The molecule has 1 unspecified atom stereocenters. The van der Waals surface area contributed by atoms with Gasteiger partial charge in [-0.15, -0.1) is 11.3 Å². The van der Waals surface area contributed by atoms with E-state index >= 15 is 0 Å². The van der Waals surface area contributed by atoms with Crippen molar-refractivity contribution >= 4 is 16.5 Å². The van der Waals surface area contributed by atoms with Gasteiger partial charge in [0.1, 0.15) is 0 Å². The number of nitrogens with zero attached hydrogens (tertiary/aromatic N) is 2. The lowest BCUT2D eigenvalue weighted by atomic mass is 10.1. The van der Waals surface area contributed by atoms with Crippen LogP contribution in [0.4, 0.5) is 5.13 Å². The number of nitrogens with one attached hydrogen (secondary N) is 1. The largest absolute Gasteiger partial charge is 0.347 e. The van der Waals surface area contributed by atoms with Gasteiger partial charge in [-0.2, -0.15) is 0 Å². The molecule has 0 fully saturated rings. The maximum absolute atomic E-state index is 4.54. The van der Waals surface area contributed by atoms with Crippen molar-refractivity contribution in [3.8, 4) is 0 Å². The van der Waals surface area contributed by atoms with Gasteiger partial charge in [-0.1, -0.05) is 36.8 Å². The van der Waals surface area contributed by atoms with Gasteiger partial charge in [0.25, 0.3) is 0 Å². The molecule has 2 aromatic rings. The van der Waals surface area contributed by atoms with E-state index < -0.39 is 0 Å². The van der Waals surface area contributed by atoms with Crippen LogP contribution in [-0.2, 0) is 6.54 Å². The second-order valence-electron chi connectivity index (χ2n) is 5.17. The average molecular weight is 289 g/mol. The van der Waals surface area contributed by atoms with Gasteiger partial charge in [0.15, 0.2) is 5.13 Å². The molecule has 1 N–H and O–H groups in total. The molecule has 0 spiro atoms. The summed E-state index contributed by atoms with van der Waals surface area (Å²) in [4.78, 5) is 8.04. The van der Waals surface area contributed by atoms with E-state index in [2.05, 4.69) is 67.3 Å². The zero-order chi connectivity index (χ0) is 14.5. The number of hydrogen-bond acceptors (Lipinski definition) is 4. The van der Waals surface area contributed by atoms with E-state index in [1.807, 2.05) is 6.20 Å². The Morgan fingerprint density at radius 3 is 2.90 bits per heavy atom. The van der Waals surface area contributed by atoms with Crippen LogP contribution < -0.4 is 10.2 Å². The molecule has 0 bridgehead atoms. The lowest BCUT2D eigenvalue weighted by Crippen LogP contribution is -2.17. The zero-order valence-electron chi connectivity index (χ0n) is 12.7. The quantitative estimate of drug-likeness (QED) is 0.877. The summed E-state index contributed by atoms with van der Waals surface area (Å²) in [6.07, 6.45) is 1.99. The second kappa shape index (κ2) is 6.86. The third-order valence-electron chi connectivity index (χ3n) is 3.28. The Morgan fingerprint density at radius 2 is 2.20 bits per heavy atom. The van der Waals surface area contributed by atoms with Crippen molar-refractivity contribution in [2.24, 2.45) is 0 Å². The summed E-state index contributed by atoms with van der Waals surface area (Å²) < 4.78 is 0. The van der Waals surface area contributed by atoms with E-state index in [1.54, 1.807) is 11.3 Å². The molecule has 20 heavy (non-hydrogen) atoms. The molecule has 0 aliphatic rings. The van der Waals surface area contributed by atoms with Crippen molar-refractivity contribution in [1.29, 1.82) is 0 Å². The molecule has 4 heteroatoms. The van der Waals surface area contributed by atoms with Crippen molar-refractivity contribution in [2.45, 2.75) is 33.4 Å². The summed E-state index contributed by atoms with van der Waals surface area (Å²) >= 11 is 1.76. The van der Waals surface area contributed by atoms with Crippen molar-refractivity contribution in [1.82, 2.24) is 10.3 Å². The highest BCUT2D eigenvalue weighted by molar-refractivity contribution is 7.15. The van der Waals surface area contributed by atoms with Crippen LogP contribution in [0.1, 0.15) is 35.9 Å². The van der Waals surface area contributed by atoms with Gasteiger partial charge >= 0.3 is 0 Å². The van der Waals surface area contributed by atoms with Crippen molar-refractivity contribution in [3.63, 3.8) is 0 Å². The standard InChI is InChI=1S/C16H23N3S/c1-5-17-13(3)15-10-18-16(20-15)19(4)11-14-8-6-7-12(2)9-14/h6-10,13,17H,5,11H2,1-4H3. The van der Waals surface area contributed by atoms with E-state index in [0.717, 1.165) is 18.2 Å². The molecule has 2 rings (SSSR count). The highest BCUT2D eigenvalue weighted by Gasteiger charge is 2.11. The van der Waals surface area contributed by atoms with Crippen molar-refractivity contribution in [3.05, 3.63) is 46.5 Å². The minimum absolute atomic E-state index is 0.374. The fraction of sp³-hybridized carbons (Fsp3) is 0.438. The molecule has 1 heterocycles. The Hall–Kier alpha value is -1.39. The Labute approximate surface area is 125 Å².